The number of nitrogens with two attached hydrogens (primary N) is 1. The van der Waals surface area contributed by atoms with Gasteiger partial charge in [-0.05, 0) is 31.4 Å². The van der Waals surface area contributed by atoms with Crippen LogP contribution in [-0.4, -0.2) is 17.2 Å². The van der Waals surface area contributed by atoms with Gasteiger partial charge in [-0.3, -0.25) is 4.79 Å². The van der Waals surface area contributed by atoms with Gasteiger partial charge in [0, 0.05) is 10.1 Å². The van der Waals surface area contributed by atoms with E-state index in [9.17, 15) is 4.79 Å². The summed E-state index contributed by atoms with van der Waals surface area (Å²) in [5, 5.41) is 3.70. The monoisotopic (exact) mass is 306 g/mol. The highest BCUT2D eigenvalue weighted by Crippen LogP contribution is 2.38. The zero-order valence-electron chi connectivity index (χ0n) is 12.8. The summed E-state index contributed by atoms with van der Waals surface area (Å²) >= 11 is 1.89. The summed E-state index contributed by atoms with van der Waals surface area (Å²) in [6.07, 6.45) is 8.02. The van der Waals surface area contributed by atoms with Crippen LogP contribution in [0, 0.1) is 0 Å². The quantitative estimate of drug-likeness (QED) is 0.794. The normalized spacial score (nSPS) is 16.9. The second-order valence-electron chi connectivity index (χ2n) is 5.76. The zero-order chi connectivity index (χ0) is 15.1. The van der Waals surface area contributed by atoms with Crippen molar-refractivity contribution >= 4 is 23.4 Å². The first-order chi connectivity index (χ1) is 10.2. The molecule has 1 amide bonds. The van der Waals surface area contributed by atoms with E-state index in [0.717, 1.165) is 24.9 Å². The Morgan fingerprint density at radius 2 is 2.10 bits per heavy atom. The van der Waals surface area contributed by atoms with Gasteiger partial charge in [0.15, 0.2) is 0 Å². The first-order valence-electron chi connectivity index (χ1n) is 8.03. The van der Waals surface area contributed by atoms with Crippen LogP contribution in [0.1, 0.15) is 51.9 Å². The molecular formula is C17H26N2OS. The molecule has 1 aliphatic carbocycles. The molecule has 116 valence electrons. The lowest BCUT2D eigenvalue weighted by Crippen LogP contribution is -2.35. The third-order valence-electron chi connectivity index (χ3n) is 3.95. The van der Waals surface area contributed by atoms with Crippen LogP contribution < -0.4 is 11.1 Å². The van der Waals surface area contributed by atoms with Gasteiger partial charge in [-0.2, -0.15) is 0 Å². The van der Waals surface area contributed by atoms with Crippen molar-refractivity contribution in [1.82, 2.24) is 0 Å². The van der Waals surface area contributed by atoms with Crippen LogP contribution in [0.25, 0.3) is 0 Å². The van der Waals surface area contributed by atoms with Crippen molar-refractivity contribution in [2.24, 2.45) is 5.73 Å². The average molecular weight is 306 g/mol. The Morgan fingerprint density at radius 3 is 2.81 bits per heavy atom. The Hall–Kier alpha value is -1.00. The van der Waals surface area contributed by atoms with Crippen LogP contribution >= 0.6 is 11.8 Å². The van der Waals surface area contributed by atoms with Crippen molar-refractivity contribution in [2.75, 3.05) is 5.32 Å². The molecule has 0 aromatic heterocycles. The Balaban J connectivity index is 1.97. The van der Waals surface area contributed by atoms with Gasteiger partial charge in [0.1, 0.15) is 0 Å². The van der Waals surface area contributed by atoms with Crippen LogP contribution in [0.3, 0.4) is 0 Å². The van der Waals surface area contributed by atoms with E-state index in [0.29, 0.717) is 5.25 Å². The van der Waals surface area contributed by atoms with Gasteiger partial charge >= 0.3 is 0 Å². The highest BCUT2D eigenvalue weighted by atomic mass is 32.2. The lowest BCUT2D eigenvalue weighted by molar-refractivity contribution is -0.117. The van der Waals surface area contributed by atoms with E-state index in [1.54, 1.807) is 0 Å². The Kier molecular flexibility index (Phi) is 6.58. The molecule has 0 unspecified atom stereocenters. The number of hydrogen-bond donors (Lipinski definition) is 2. The number of carbonyl (C=O) groups is 1. The summed E-state index contributed by atoms with van der Waals surface area (Å²) in [4.78, 5) is 13.3. The predicted molar refractivity (Wildman–Crippen MR) is 90.7 cm³/mol. The molecule has 1 aliphatic rings. The van der Waals surface area contributed by atoms with Gasteiger partial charge in [0.05, 0.1) is 11.7 Å². The molecule has 0 spiro atoms. The number of unbranched alkanes of at least 4 members (excludes halogenated alkanes) is 1. The summed E-state index contributed by atoms with van der Waals surface area (Å²) in [5.41, 5.74) is 6.85. The highest BCUT2D eigenvalue weighted by molar-refractivity contribution is 8.00. The number of anilines is 1. The fraction of sp³-hybridized carbons (Fsp3) is 0.588. The standard InChI is InChI=1S/C17H26N2OS/c1-2-3-10-14(18)17(20)19-15-11-6-7-12-16(15)21-13-8-4-5-9-13/h6-7,11-14H,2-5,8-10,18H2,1H3,(H,19,20)/t14-/m0/s1. The van der Waals surface area contributed by atoms with Gasteiger partial charge in [-0.25, -0.2) is 0 Å². The molecular weight excluding hydrogens is 280 g/mol. The van der Waals surface area contributed by atoms with Gasteiger partial charge in [-0.15, -0.1) is 11.8 Å². The lowest BCUT2D eigenvalue weighted by Gasteiger charge is -2.16. The van der Waals surface area contributed by atoms with Crippen molar-refractivity contribution in [3.8, 4) is 0 Å². The van der Waals surface area contributed by atoms with Crippen molar-refractivity contribution in [3.05, 3.63) is 24.3 Å². The molecule has 1 fully saturated rings. The summed E-state index contributed by atoms with van der Waals surface area (Å²) in [7, 11) is 0. The molecule has 0 aliphatic heterocycles. The largest absolute Gasteiger partial charge is 0.324 e. The SMILES string of the molecule is CCCC[C@H](N)C(=O)Nc1ccccc1SC1CCCC1. The number of hydrogen-bond acceptors (Lipinski definition) is 3. The molecule has 1 atom stereocenters. The molecule has 1 aromatic rings. The van der Waals surface area contributed by atoms with E-state index in [4.69, 9.17) is 5.73 Å². The molecule has 2 rings (SSSR count). The second-order valence-corrected chi connectivity index (χ2v) is 7.10. The van der Waals surface area contributed by atoms with Gasteiger partial charge in [0.2, 0.25) is 5.91 Å². The van der Waals surface area contributed by atoms with Gasteiger partial charge in [0.25, 0.3) is 0 Å². The molecule has 0 radical (unpaired) electrons. The second kappa shape index (κ2) is 8.44. The first-order valence-corrected chi connectivity index (χ1v) is 8.90. The van der Waals surface area contributed by atoms with E-state index >= 15 is 0 Å². The van der Waals surface area contributed by atoms with Crippen LogP contribution in [0.15, 0.2) is 29.2 Å². The lowest BCUT2D eigenvalue weighted by atomic mass is 10.1. The number of para-hydroxylation sites is 1. The number of nitrogens with one attached hydrogen (secondary N) is 1. The number of thioether (sulfide) groups is 1. The third-order valence-corrected chi connectivity index (χ3v) is 5.36. The van der Waals surface area contributed by atoms with E-state index in [2.05, 4.69) is 18.3 Å². The zero-order valence-corrected chi connectivity index (χ0v) is 13.6. The van der Waals surface area contributed by atoms with Crippen molar-refractivity contribution in [3.63, 3.8) is 0 Å². The van der Waals surface area contributed by atoms with Gasteiger partial charge in [-0.1, -0.05) is 44.7 Å². The molecule has 3 N–H and O–H groups in total. The first kappa shape index (κ1) is 16.4. The Bertz CT molecular complexity index is 458. The topological polar surface area (TPSA) is 55.1 Å². The molecule has 1 aromatic carbocycles. The van der Waals surface area contributed by atoms with Crippen LogP contribution in [0.5, 0.6) is 0 Å². The van der Waals surface area contributed by atoms with Crippen LogP contribution in [0.4, 0.5) is 5.69 Å². The maximum absolute atomic E-state index is 12.2. The van der Waals surface area contributed by atoms with Crippen molar-refractivity contribution in [1.29, 1.82) is 0 Å². The molecule has 1 saturated carbocycles. The number of benzene rings is 1. The summed E-state index contributed by atoms with van der Waals surface area (Å²) in [6.45, 7) is 2.11. The van der Waals surface area contributed by atoms with Crippen LogP contribution in [-0.2, 0) is 4.79 Å². The summed E-state index contributed by atoms with van der Waals surface area (Å²) in [5.74, 6) is -0.0667. The number of amides is 1. The summed E-state index contributed by atoms with van der Waals surface area (Å²) < 4.78 is 0. The maximum atomic E-state index is 12.2. The van der Waals surface area contributed by atoms with Crippen molar-refractivity contribution in [2.45, 2.75) is 68.1 Å². The fourth-order valence-electron chi connectivity index (χ4n) is 2.64. The minimum Gasteiger partial charge on any atom is -0.324 e. The van der Waals surface area contributed by atoms with Crippen LogP contribution in [0.2, 0.25) is 0 Å². The molecule has 0 bridgehead atoms. The maximum Gasteiger partial charge on any atom is 0.241 e. The number of carbonyl (C=O) groups excluding carboxylic acids is 1. The van der Waals surface area contributed by atoms with E-state index < -0.39 is 6.04 Å². The Labute approximate surface area is 132 Å². The molecule has 0 saturated heterocycles. The minimum atomic E-state index is -0.408. The average Bonchev–Trinajstić information content (AvgIpc) is 2.99. The third kappa shape index (κ3) is 5.04. The Morgan fingerprint density at radius 1 is 1.38 bits per heavy atom. The van der Waals surface area contributed by atoms with E-state index in [1.165, 1.54) is 30.6 Å². The highest BCUT2D eigenvalue weighted by Gasteiger charge is 2.19. The molecule has 4 heteroatoms. The van der Waals surface area contributed by atoms with E-state index in [1.807, 2.05) is 30.0 Å². The fourth-order valence-corrected chi connectivity index (χ4v) is 3.97. The predicted octanol–water partition coefficient (Wildman–Crippen LogP) is 4.18. The van der Waals surface area contributed by atoms with Gasteiger partial charge < -0.3 is 11.1 Å². The molecule has 0 heterocycles. The smallest absolute Gasteiger partial charge is 0.241 e. The van der Waals surface area contributed by atoms with E-state index in [-0.39, 0.29) is 5.91 Å². The summed E-state index contributed by atoms with van der Waals surface area (Å²) in [6, 6.07) is 7.66. The molecule has 3 nitrogen and oxygen atoms in total. The van der Waals surface area contributed by atoms with Crippen molar-refractivity contribution < 1.29 is 4.79 Å². The number of rotatable bonds is 7. The minimum absolute atomic E-state index is 0.0667. The molecule has 21 heavy (non-hydrogen) atoms.